The van der Waals surface area contributed by atoms with E-state index < -0.39 is 0 Å². The molecule has 0 fully saturated rings. The minimum atomic E-state index is -0.303. The molecule has 0 aliphatic rings. The fourth-order valence-corrected chi connectivity index (χ4v) is 4.37. The molecule has 1 amide bonds. The number of benzene rings is 3. The molecule has 3 rings (SSSR count). The minimum absolute atomic E-state index is 0.178. The van der Waals surface area contributed by atoms with Gasteiger partial charge >= 0.3 is 0 Å². The van der Waals surface area contributed by atoms with Crippen LogP contribution in [0.5, 0.6) is 5.75 Å². The molecule has 31 heavy (non-hydrogen) atoms. The number of aryl methyl sites for hydroxylation is 2. The second kappa shape index (κ2) is 10.6. The van der Waals surface area contributed by atoms with E-state index in [0.29, 0.717) is 37.2 Å². The first kappa shape index (κ1) is 23.8. The standard InChI is InChI=1S/C23H18Br2Cl2N2O2/c1-13-3-5-17(9-20(13)26)28-11-15-7-16(24)8-19(25)23(15)31-12-22(30)29-18-6-4-14(2)21(27)10-18/h3-11H,12H2,1-2H3,(H,29,30). The molecular weight excluding hydrogens is 567 g/mol. The highest BCUT2D eigenvalue weighted by molar-refractivity contribution is 9.11. The lowest BCUT2D eigenvalue weighted by molar-refractivity contribution is -0.118. The second-order valence-corrected chi connectivity index (χ2v) is 9.38. The van der Waals surface area contributed by atoms with Gasteiger partial charge in [-0.3, -0.25) is 9.79 Å². The number of anilines is 1. The number of hydrogen-bond donors (Lipinski definition) is 1. The number of carbonyl (C=O) groups is 1. The number of ether oxygens (including phenoxy) is 1. The van der Waals surface area contributed by atoms with Gasteiger partial charge in [0.2, 0.25) is 0 Å². The number of amides is 1. The monoisotopic (exact) mass is 582 g/mol. The number of hydrogen-bond acceptors (Lipinski definition) is 3. The quantitative estimate of drug-likeness (QED) is 0.299. The topological polar surface area (TPSA) is 50.7 Å². The number of carbonyl (C=O) groups excluding carboxylic acids is 1. The molecule has 0 saturated heterocycles. The Morgan fingerprint density at radius 2 is 1.71 bits per heavy atom. The van der Waals surface area contributed by atoms with Gasteiger partial charge < -0.3 is 10.1 Å². The molecule has 3 aromatic rings. The summed E-state index contributed by atoms with van der Waals surface area (Å²) in [7, 11) is 0. The molecular formula is C23H18Br2Cl2N2O2. The molecule has 0 radical (unpaired) electrons. The van der Waals surface area contributed by atoms with Crippen molar-refractivity contribution in [3.63, 3.8) is 0 Å². The molecule has 0 heterocycles. The van der Waals surface area contributed by atoms with Crippen LogP contribution >= 0.6 is 55.1 Å². The summed E-state index contributed by atoms with van der Waals surface area (Å²) >= 11 is 19.3. The van der Waals surface area contributed by atoms with E-state index in [1.165, 1.54) is 0 Å². The minimum Gasteiger partial charge on any atom is -0.482 e. The van der Waals surface area contributed by atoms with Crippen molar-refractivity contribution in [1.29, 1.82) is 0 Å². The molecule has 0 unspecified atom stereocenters. The molecule has 0 aromatic heterocycles. The van der Waals surface area contributed by atoms with E-state index in [1.807, 2.05) is 44.2 Å². The zero-order valence-corrected chi connectivity index (χ0v) is 21.4. The Bertz CT molecular complexity index is 1170. The van der Waals surface area contributed by atoms with Crippen LogP contribution < -0.4 is 10.1 Å². The lowest BCUT2D eigenvalue weighted by Gasteiger charge is -2.12. The molecule has 160 valence electrons. The van der Waals surface area contributed by atoms with Gasteiger partial charge in [0.1, 0.15) is 5.75 Å². The molecule has 0 aliphatic heterocycles. The molecule has 0 saturated carbocycles. The van der Waals surface area contributed by atoms with Gasteiger partial charge in [-0.25, -0.2) is 0 Å². The first-order valence-electron chi connectivity index (χ1n) is 9.21. The van der Waals surface area contributed by atoms with Gasteiger partial charge in [-0.2, -0.15) is 0 Å². The average molecular weight is 585 g/mol. The Kier molecular flexibility index (Phi) is 8.17. The molecule has 0 aliphatic carbocycles. The molecule has 8 heteroatoms. The fourth-order valence-electron chi connectivity index (χ4n) is 2.64. The molecule has 1 N–H and O–H groups in total. The number of nitrogens with one attached hydrogen (secondary N) is 1. The Morgan fingerprint density at radius 3 is 2.39 bits per heavy atom. The number of halogens is 4. The molecule has 3 aromatic carbocycles. The maximum Gasteiger partial charge on any atom is 0.262 e. The summed E-state index contributed by atoms with van der Waals surface area (Å²) in [6.07, 6.45) is 1.67. The van der Waals surface area contributed by atoms with E-state index in [2.05, 4.69) is 42.2 Å². The normalized spacial score (nSPS) is 11.0. The van der Waals surface area contributed by atoms with Crippen LogP contribution in [0.2, 0.25) is 10.0 Å². The summed E-state index contributed by atoms with van der Waals surface area (Å²) in [4.78, 5) is 16.9. The maximum absolute atomic E-state index is 12.4. The van der Waals surface area contributed by atoms with E-state index in [9.17, 15) is 4.79 Å². The second-order valence-electron chi connectivity index (χ2n) is 6.80. The van der Waals surface area contributed by atoms with Crippen molar-refractivity contribution in [2.45, 2.75) is 13.8 Å². The Hall–Kier alpha value is -1.86. The fraction of sp³-hybridized carbons (Fsp3) is 0.130. The van der Waals surface area contributed by atoms with E-state index in [0.717, 1.165) is 15.6 Å². The first-order chi connectivity index (χ1) is 14.7. The van der Waals surface area contributed by atoms with Crippen LogP contribution in [0.3, 0.4) is 0 Å². The smallest absolute Gasteiger partial charge is 0.262 e. The number of aliphatic imine (C=N–C) groups is 1. The lowest BCUT2D eigenvalue weighted by Crippen LogP contribution is -2.20. The van der Waals surface area contributed by atoms with E-state index >= 15 is 0 Å². The maximum atomic E-state index is 12.4. The van der Waals surface area contributed by atoms with Gasteiger partial charge in [0.05, 0.1) is 10.2 Å². The van der Waals surface area contributed by atoms with Crippen LogP contribution in [0.4, 0.5) is 11.4 Å². The summed E-state index contributed by atoms with van der Waals surface area (Å²) in [5, 5.41) is 4.01. The summed E-state index contributed by atoms with van der Waals surface area (Å²) < 4.78 is 7.34. The van der Waals surface area contributed by atoms with E-state index in [4.69, 9.17) is 27.9 Å². The predicted octanol–water partition coefficient (Wildman–Crippen LogP) is 7.90. The number of nitrogens with zero attached hydrogens (tertiary/aromatic N) is 1. The number of rotatable bonds is 6. The molecule has 0 bridgehead atoms. The van der Waals surface area contributed by atoms with Crippen molar-refractivity contribution in [1.82, 2.24) is 0 Å². The van der Waals surface area contributed by atoms with Crippen LogP contribution in [0.25, 0.3) is 0 Å². The molecule has 0 atom stereocenters. The SMILES string of the molecule is Cc1ccc(N=Cc2cc(Br)cc(Br)c2OCC(=O)Nc2ccc(C)c(Cl)c2)cc1Cl. The van der Waals surface area contributed by atoms with Crippen molar-refractivity contribution in [3.8, 4) is 5.75 Å². The van der Waals surface area contributed by atoms with Gasteiger partial charge in [-0.1, -0.05) is 51.3 Å². The van der Waals surface area contributed by atoms with Gasteiger partial charge in [0.15, 0.2) is 6.61 Å². The third-order valence-electron chi connectivity index (χ3n) is 4.35. The zero-order chi connectivity index (χ0) is 22.5. The van der Waals surface area contributed by atoms with E-state index in [1.54, 1.807) is 24.4 Å². The third-order valence-corrected chi connectivity index (χ3v) is 6.21. The summed E-state index contributed by atoms with van der Waals surface area (Å²) in [5.41, 5.74) is 3.94. The van der Waals surface area contributed by atoms with Crippen molar-refractivity contribution in [2.75, 3.05) is 11.9 Å². The lowest BCUT2D eigenvalue weighted by atomic mass is 10.2. The molecule has 4 nitrogen and oxygen atoms in total. The first-order valence-corrected chi connectivity index (χ1v) is 11.5. The predicted molar refractivity (Wildman–Crippen MR) is 136 cm³/mol. The van der Waals surface area contributed by atoms with Crippen molar-refractivity contribution in [2.24, 2.45) is 4.99 Å². The van der Waals surface area contributed by atoms with E-state index in [-0.39, 0.29) is 12.5 Å². The van der Waals surface area contributed by atoms with Crippen LogP contribution in [0.15, 0.2) is 62.5 Å². The summed E-state index contributed by atoms with van der Waals surface area (Å²) in [5.74, 6) is 0.199. The molecule has 0 spiro atoms. The highest BCUT2D eigenvalue weighted by Gasteiger charge is 2.12. The third kappa shape index (κ3) is 6.56. The van der Waals surface area contributed by atoms with Gasteiger partial charge in [-0.05, 0) is 77.3 Å². The van der Waals surface area contributed by atoms with Crippen LogP contribution in [-0.4, -0.2) is 18.7 Å². The Labute approximate surface area is 207 Å². The van der Waals surface area contributed by atoms with Crippen molar-refractivity contribution in [3.05, 3.63) is 84.2 Å². The Morgan fingerprint density at radius 1 is 1.03 bits per heavy atom. The zero-order valence-electron chi connectivity index (χ0n) is 16.7. The van der Waals surface area contributed by atoms with Crippen molar-refractivity contribution >= 4 is 78.6 Å². The van der Waals surface area contributed by atoms with Crippen LogP contribution in [0.1, 0.15) is 16.7 Å². The summed E-state index contributed by atoms with van der Waals surface area (Å²) in [6.45, 7) is 3.65. The Balaban J connectivity index is 1.75. The summed E-state index contributed by atoms with van der Waals surface area (Å²) in [6, 6.07) is 14.6. The largest absolute Gasteiger partial charge is 0.482 e. The average Bonchev–Trinajstić information content (AvgIpc) is 2.70. The van der Waals surface area contributed by atoms with Gasteiger partial charge in [0.25, 0.3) is 5.91 Å². The van der Waals surface area contributed by atoms with Crippen molar-refractivity contribution < 1.29 is 9.53 Å². The van der Waals surface area contributed by atoms with Crippen LogP contribution in [0, 0.1) is 13.8 Å². The van der Waals surface area contributed by atoms with Gasteiger partial charge in [0, 0.05) is 32.0 Å². The van der Waals surface area contributed by atoms with Gasteiger partial charge in [-0.15, -0.1) is 0 Å². The highest BCUT2D eigenvalue weighted by Crippen LogP contribution is 2.33. The van der Waals surface area contributed by atoms with Crippen LogP contribution in [-0.2, 0) is 4.79 Å². The highest BCUT2D eigenvalue weighted by atomic mass is 79.9.